The van der Waals surface area contributed by atoms with Crippen molar-refractivity contribution in [2.45, 2.75) is 32.1 Å². The van der Waals surface area contributed by atoms with E-state index in [0.717, 1.165) is 5.25 Å². The van der Waals surface area contributed by atoms with Gasteiger partial charge in [0.25, 0.3) is 0 Å². The second kappa shape index (κ2) is 5.78. The Bertz CT molecular complexity index is 378. The molecule has 0 aromatic heterocycles. The minimum absolute atomic E-state index is 0.638. The molecule has 0 bridgehead atoms. The Morgan fingerprint density at radius 3 is 2.94 bits per heavy atom. The molecule has 1 heterocycles. The number of nitrogens with two attached hydrogens (primary N) is 1. The Morgan fingerprint density at radius 1 is 1.47 bits per heavy atom. The first-order valence-electron chi connectivity index (χ1n) is 6.40. The normalized spacial score (nSPS) is 20.6. The molecule has 1 aliphatic heterocycles. The lowest BCUT2D eigenvalue weighted by atomic mass is 10.1. The number of hydrogen-bond acceptors (Lipinski definition) is 3. The number of anilines is 1. The molecule has 0 spiro atoms. The van der Waals surface area contributed by atoms with Crippen molar-refractivity contribution in [1.82, 2.24) is 0 Å². The summed E-state index contributed by atoms with van der Waals surface area (Å²) in [5.74, 6) is 1.25. The molecule has 0 saturated carbocycles. The fourth-order valence-corrected chi connectivity index (χ4v) is 3.49. The molecular weight excluding hydrogens is 228 g/mol. The van der Waals surface area contributed by atoms with Crippen LogP contribution in [0.15, 0.2) is 18.2 Å². The van der Waals surface area contributed by atoms with Crippen molar-refractivity contribution < 1.29 is 0 Å². The lowest BCUT2D eigenvalue weighted by Crippen LogP contribution is -2.37. The van der Waals surface area contributed by atoms with Crippen LogP contribution in [0.3, 0.4) is 0 Å². The maximum atomic E-state index is 5.71. The van der Waals surface area contributed by atoms with E-state index in [-0.39, 0.29) is 0 Å². The van der Waals surface area contributed by atoms with Gasteiger partial charge in [0.1, 0.15) is 0 Å². The van der Waals surface area contributed by atoms with Crippen LogP contribution in [0.5, 0.6) is 0 Å². The quantitative estimate of drug-likeness (QED) is 0.894. The number of hydrogen-bond donors (Lipinski definition) is 1. The number of nitrogens with zero attached hydrogens (tertiary/aromatic N) is 1. The summed E-state index contributed by atoms with van der Waals surface area (Å²) in [5.41, 5.74) is 9.64. The van der Waals surface area contributed by atoms with Crippen molar-refractivity contribution >= 4 is 17.4 Å². The van der Waals surface area contributed by atoms with E-state index >= 15 is 0 Å². The Kier molecular flexibility index (Phi) is 4.35. The van der Waals surface area contributed by atoms with Gasteiger partial charge in [-0.25, -0.2) is 0 Å². The van der Waals surface area contributed by atoms with Gasteiger partial charge in [0.15, 0.2) is 0 Å². The van der Waals surface area contributed by atoms with E-state index in [9.17, 15) is 0 Å². The van der Waals surface area contributed by atoms with Crippen molar-refractivity contribution in [3.63, 3.8) is 0 Å². The third kappa shape index (κ3) is 2.96. The minimum atomic E-state index is 0.638. The Morgan fingerprint density at radius 2 is 2.29 bits per heavy atom. The van der Waals surface area contributed by atoms with Gasteiger partial charge in [-0.1, -0.05) is 13.0 Å². The monoisotopic (exact) mass is 250 g/mol. The largest absolute Gasteiger partial charge is 0.370 e. The summed E-state index contributed by atoms with van der Waals surface area (Å²) in [6.07, 6.45) is 1.26. The second-order valence-corrected chi connectivity index (χ2v) is 6.07. The first-order chi connectivity index (χ1) is 8.24. The molecule has 2 nitrogen and oxygen atoms in total. The zero-order valence-electron chi connectivity index (χ0n) is 10.8. The highest BCUT2D eigenvalue weighted by Gasteiger charge is 2.19. The topological polar surface area (TPSA) is 29.3 Å². The first-order valence-corrected chi connectivity index (χ1v) is 7.45. The van der Waals surface area contributed by atoms with Gasteiger partial charge in [0.05, 0.1) is 0 Å². The molecule has 0 aliphatic carbocycles. The third-order valence-corrected chi connectivity index (χ3v) is 4.88. The molecule has 1 fully saturated rings. The summed E-state index contributed by atoms with van der Waals surface area (Å²) in [6.45, 7) is 7.43. The second-order valence-electron chi connectivity index (χ2n) is 4.66. The van der Waals surface area contributed by atoms with Crippen LogP contribution in [-0.4, -0.2) is 24.1 Å². The molecular formula is C14H22N2S. The molecule has 1 unspecified atom stereocenters. The first kappa shape index (κ1) is 12.8. The molecule has 2 rings (SSSR count). The average Bonchev–Trinajstić information content (AvgIpc) is 2.38. The van der Waals surface area contributed by atoms with Crippen LogP contribution in [0.25, 0.3) is 0 Å². The van der Waals surface area contributed by atoms with Gasteiger partial charge >= 0.3 is 0 Å². The van der Waals surface area contributed by atoms with Gasteiger partial charge in [-0.2, -0.15) is 11.8 Å². The van der Waals surface area contributed by atoms with Gasteiger partial charge in [-0.3, -0.25) is 0 Å². The Balaban J connectivity index is 2.13. The van der Waals surface area contributed by atoms with Crippen molar-refractivity contribution in [1.29, 1.82) is 0 Å². The molecule has 1 saturated heterocycles. The van der Waals surface area contributed by atoms with Crippen molar-refractivity contribution in [2.75, 3.05) is 23.7 Å². The van der Waals surface area contributed by atoms with Crippen molar-refractivity contribution in [2.24, 2.45) is 5.73 Å². The van der Waals surface area contributed by atoms with E-state index in [2.05, 4.69) is 48.7 Å². The van der Waals surface area contributed by atoms with Crippen molar-refractivity contribution in [3.05, 3.63) is 29.3 Å². The predicted octanol–water partition coefficient (Wildman–Crippen LogP) is 2.79. The van der Waals surface area contributed by atoms with E-state index in [0.29, 0.717) is 6.54 Å². The van der Waals surface area contributed by atoms with E-state index in [1.165, 1.54) is 42.1 Å². The molecule has 3 heteroatoms. The van der Waals surface area contributed by atoms with Gasteiger partial charge in [0.2, 0.25) is 0 Å². The number of rotatable bonds is 3. The standard InChI is InChI=1S/C14H22N2S/c1-3-14-10-16(6-7-17-14)13-5-4-12(9-15)11(2)8-13/h4-5,8,14H,3,6-7,9-10,15H2,1-2H3. The smallest absolute Gasteiger partial charge is 0.0369 e. The SMILES string of the molecule is CCC1CN(c2ccc(CN)c(C)c2)CCS1. The Hall–Kier alpha value is -0.670. The van der Waals surface area contributed by atoms with Gasteiger partial charge in [-0.05, 0) is 36.6 Å². The highest BCUT2D eigenvalue weighted by atomic mass is 32.2. The van der Waals surface area contributed by atoms with E-state index in [1.54, 1.807) is 0 Å². The van der Waals surface area contributed by atoms with E-state index in [4.69, 9.17) is 5.73 Å². The molecule has 94 valence electrons. The van der Waals surface area contributed by atoms with Gasteiger partial charge in [-0.15, -0.1) is 0 Å². The van der Waals surface area contributed by atoms with Crippen LogP contribution in [0, 0.1) is 6.92 Å². The lowest BCUT2D eigenvalue weighted by molar-refractivity contribution is 0.728. The summed E-state index contributed by atoms with van der Waals surface area (Å²) >= 11 is 2.11. The summed E-state index contributed by atoms with van der Waals surface area (Å²) < 4.78 is 0. The molecule has 1 aliphatic rings. The van der Waals surface area contributed by atoms with Gasteiger partial charge < -0.3 is 10.6 Å². The average molecular weight is 250 g/mol. The summed E-state index contributed by atoms with van der Waals surface area (Å²) in [4.78, 5) is 2.51. The van der Waals surface area contributed by atoms with Crippen LogP contribution in [-0.2, 0) is 6.54 Å². The molecule has 1 aromatic carbocycles. The fraction of sp³-hybridized carbons (Fsp3) is 0.571. The molecule has 1 atom stereocenters. The van der Waals surface area contributed by atoms with Crippen LogP contribution >= 0.6 is 11.8 Å². The highest BCUT2D eigenvalue weighted by molar-refractivity contribution is 8.00. The van der Waals surface area contributed by atoms with E-state index < -0.39 is 0 Å². The predicted molar refractivity (Wildman–Crippen MR) is 77.8 cm³/mol. The lowest BCUT2D eigenvalue weighted by Gasteiger charge is -2.34. The van der Waals surface area contributed by atoms with Gasteiger partial charge in [0, 0.05) is 36.3 Å². The van der Waals surface area contributed by atoms with Crippen LogP contribution < -0.4 is 10.6 Å². The van der Waals surface area contributed by atoms with Crippen LogP contribution in [0.4, 0.5) is 5.69 Å². The highest BCUT2D eigenvalue weighted by Crippen LogP contribution is 2.27. The molecule has 1 aromatic rings. The number of aryl methyl sites for hydroxylation is 1. The molecule has 0 amide bonds. The summed E-state index contributed by atoms with van der Waals surface area (Å²) in [5, 5.41) is 0.790. The van der Waals surface area contributed by atoms with Crippen LogP contribution in [0.2, 0.25) is 0 Å². The van der Waals surface area contributed by atoms with E-state index in [1.807, 2.05) is 0 Å². The zero-order valence-corrected chi connectivity index (χ0v) is 11.6. The van der Waals surface area contributed by atoms with Crippen molar-refractivity contribution in [3.8, 4) is 0 Å². The third-order valence-electron chi connectivity index (χ3n) is 3.51. The maximum Gasteiger partial charge on any atom is 0.0369 e. The fourth-order valence-electron chi connectivity index (χ4n) is 2.31. The van der Waals surface area contributed by atoms with Crippen LogP contribution in [0.1, 0.15) is 24.5 Å². The molecule has 2 N–H and O–H groups in total. The Labute approximate surface area is 109 Å². The number of thioether (sulfide) groups is 1. The zero-order chi connectivity index (χ0) is 12.3. The summed E-state index contributed by atoms with van der Waals surface area (Å²) in [6, 6.07) is 6.68. The number of benzene rings is 1. The maximum absolute atomic E-state index is 5.71. The minimum Gasteiger partial charge on any atom is -0.370 e. The summed E-state index contributed by atoms with van der Waals surface area (Å²) in [7, 11) is 0. The molecule has 0 radical (unpaired) electrons. The molecule has 17 heavy (non-hydrogen) atoms.